The van der Waals surface area contributed by atoms with Crippen LogP contribution in [0, 0.1) is 23.7 Å². The molecule has 1 fully saturated rings. The molecule has 1 N–H and O–H groups in total. The molecule has 2 aliphatic rings. The molecule has 4 nitrogen and oxygen atoms in total. The van der Waals surface area contributed by atoms with Gasteiger partial charge in [-0.3, -0.25) is 0 Å². The van der Waals surface area contributed by atoms with Crippen LogP contribution in [0.1, 0.15) is 38.1 Å². The zero-order valence-corrected chi connectivity index (χ0v) is 11.3. The first-order valence-corrected chi connectivity index (χ1v) is 7.22. The topological polar surface area (TPSA) is 50.9 Å². The van der Waals surface area contributed by atoms with Gasteiger partial charge in [0.05, 0.1) is 11.4 Å². The lowest BCUT2D eigenvalue weighted by molar-refractivity contribution is 0.262. The Labute approximate surface area is 108 Å². The summed E-state index contributed by atoms with van der Waals surface area (Å²) in [6.45, 7) is 5.78. The normalized spacial score (nSPS) is 30.6. The maximum atomic E-state index is 9.33. The average Bonchev–Trinajstić information content (AvgIpc) is 2.84. The first-order valence-electron chi connectivity index (χ1n) is 7.22. The summed E-state index contributed by atoms with van der Waals surface area (Å²) in [7, 11) is 0. The van der Waals surface area contributed by atoms with Gasteiger partial charge in [-0.05, 0) is 49.4 Å². The van der Waals surface area contributed by atoms with E-state index in [0.717, 1.165) is 31.2 Å². The van der Waals surface area contributed by atoms with Gasteiger partial charge < -0.3 is 5.11 Å². The van der Waals surface area contributed by atoms with E-state index in [2.05, 4.69) is 28.8 Å². The molecule has 1 heterocycles. The molecular weight excluding hydrogens is 226 g/mol. The van der Waals surface area contributed by atoms with Gasteiger partial charge in [-0.25, -0.2) is 4.68 Å². The third-order valence-corrected chi connectivity index (χ3v) is 4.60. The van der Waals surface area contributed by atoms with Crippen LogP contribution in [0.15, 0.2) is 0 Å². The van der Waals surface area contributed by atoms with Gasteiger partial charge in [0, 0.05) is 13.2 Å². The van der Waals surface area contributed by atoms with Crippen LogP contribution in [-0.2, 0) is 19.4 Å². The van der Waals surface area contributed by atoms with Crippen LogP contribution >= 0.6 is 0 Å². The van der Waals surface area contributed by atoms with E-state index in [1.54, 1.807) is 0 Å². The largest absolute Gasteiger partial charge is 0.396 e. The van der Waals surface area contributed by atoms with Gasteiger partial charge in [0.15, 0.2) is 0 Å². The minimum absolute atomic E-state index is 0.372. The zero-order valence-electron chi connectivity index (χ0n) is 11.3. The average molecular weight is 249 g/mol. The minimum Gasteiger partial charge on any atom is -0.396 e. The number of aliphatic hydroxyl groups excluding tert-OH is 1. The number of fused-ring (bicyclic) bond motifs is 2. The highest BCUT2D eigenvalue weighted by Crippen LogP contribution is 2.52. The summed E-state index contributed by atoms with van der Waals surface area (Å²) >= 11 is 0. The Morgan fingerprint density at radius 3 is 2.67 bits per heavy atom. The Morgan fingerprint density at radius 1 is 1.28 bits per heavy atom. The Hall–Kier alpha value is -0.900. The Balaban J connectivity index is 1.76. The van der Waals surface area contributed by atoms with Crippen molar-refractivity contribution in [3.05, 3.63) is 11.4 Å². The third-order valence-electron chi connectivity index (χ3n) is 4.60. The first-order chi connectivity index (χ1) is 8.70. The summed E-state index contributed by atoms with van der Waals surface area (Å²) in [5.41, 5.74) is 2.56. The number of aryl methyl sites for hydroxylation is 1. The van der Waals surface area contributed by atoms with Crippen molar-refractivity contribution < 1.29 is 5.11 Å². The molecule has 0 aromatic carbocycles. The summed E-state index contributed by atoms with van der Waals surface area (Å²) in [5, 5.41) is 18.0. The molecule has 0 saturated heterocycles. The first kappa shape index (κ1) is 12.2. The molecule has 0 unspecified atom stereocenters. The van der Waals surface area contributed by atoms with Gasteiger partial charge in [0.25, 0.3) is 0 Å². The van der Waals surface area contributed by atoms with Gasteiger partial charge in [0.2, 0.25) is 0 Å². The van der Waals surface area contributed by atoms with Crippen molar-refractivity contribution in [2.45, 2.75) is 46.1 Å². The number of aliphatic hydroxyl groups is 1. The molecule has 0 radical (unpaired) electrons. The summed E-state index contributed by atoms with van der Waals surface area (Å²) < 4.78 is 2.11. The molecule has 0 aliphatic heterocycles. The van der Waals surface area contributed by atoms with Crippen molar-refractivity contribution in [2.24, 2.45) is 23.7 Å². The summed E-state index contributed by atoms with van der Waals surface area (Å²) in [5.74, 6) is 2.68. The van der Waals surface area contributed by atoms with Crippen molar-refractivity contribution in [3.63, 3.8) is 0 Å². The molecule has 0 bridgehead atoms. The summed E-state index contributed by atoms with van der Waals surface area (Å²) in [4.78, 5) is 0. The second-order valence-corrected chi connectivity index (χ2v) is 6.31. The van der Waals surface area contributed by atoms with Crippen molar-refractivity contribution in [2.75, 3.05) is 6.61 Å². The second-order valence-electron chi connectivity index (χ2n) is 6.31. The fourth-order valence-electron chi connectivity index (χ4n) is 3.59. The van der Waals surface area contributed by atoms with Crippen molar-refractivity contribution >= 4 is 0 Å². The molecule has 1 saturated carbocycles. The van der Waals surface area contributed by atoms with Crippen LogP contribution in [0.3, 0.4) is 0 Å². The van der Waals surface area contributed by atoms with Gasteiger partial charge in [-0.2, -0.15) is 0 Å². The molecule has 1 aromatic heterocycles. The highest BCUT2D eigenvalue weighted by atomic mass is 16.3. The van der Waals surface area contributed by atoms with Crippen LogP contribution in [-0.4, -0.2) is 26.7 Å². The predicted molar refractivity (Wildman–Crippen MR) is 69.1 cm³/mol. The number of rotatable bonds is 3. The summed E-state index contributed by atoms with van der Waals surface area (Å²) in [6, 6.07) is 0. The molecule has 100 valence electrons. The van der Waals surface area contributed by atoms with E-state index in [4.69, 9.17) is 0 Å². The van der Waals surface area contributed by atoms with Gasteiger partial charge in [0.1, 0.15) is 0 Å². The van der Waals surface area contributed by atoms with Crippen molar-refractivity contribution in [3.8, 4) is 0 Å². The molecule has 0 spiro atoms. The van der Waals surface area contributed by atoms with Gasteiger partial charge >= 0.3 is 0 Å². The zero-order chi connectivity index (χ0) is 12.7. The molecule has 0 amide bonds. The predicted octanol–water partition coefficient (Wildman–Crippen LogP) is 1.67. The lowest BCUT2D eigenvalue weighted by Crippen LogP contribution is -2.12. The highest BCUT2D eigenvalue weighted by molar-refractivity contribution is 5.15. The maximum absolute atomic E-state index is 9.33. The van der Waals surface area contributed by atoms with E-state index in [-0.39, 0.29) is 0 Å². The Bertz CT molecular complexity index is 427. The monoisotopic (exact) mass is 249 g/mol. The number of aromatic nitrogens is 3. The molecule has 3 rings (SSSR count). The lowest BCUT2D eigenvalue weighted by Gasteiger charge is -2.12. The highest BCUT2D eigenvalue weighted by Gasteiger charge is 2.49. The molecule has 3 atom stereocenters. The smallest absolute Gasteiger partial charge is 0.0859 e. The Morgan fingerprint density at radius 2 is 2.00 bits per heavy atom. The lowest BCUT2D eigenvalue weighted by atomic mass is 10.0. The van der Waals surface area contributed by atoms with E-state index in [1.165, 1.54) is 24.2 Å². The van der Waals surface area contributed by atoms with E-state index in [9.17, 15) is 5.11 Å². The van der Waals surface area contributed by atoms with Crippen LogP contribution < -0.4 is 0 Å². The van der Waals surface area contributed by atoms with Crippen LogP contribution in [0.25, 0.3) is 0 Å². The fourth-order valence-corrected chi connectivity index (χ4v) is 3.59. The van der Waals surface area contributed by atoms with E-state index < -0.39 is 0 Å². The van der Waals surface area contributed by atoms with Crippen LogP contribution in [0.2, 0.25) is 0 Å². The van der Waals surface area contributed by atoms with Crippen LogP contribution in [0.4, 0.5) is 0 Å². The van der Waals surface area contributed by atoms with Crippen molar-refractivity contribution in [1.29, 1.82) is 0 Å². The molecule has 1 aromatic rings. The number of hydrogen-bond acceptors (Lipinski definition) is 3. The quantitative estimate of drug-likeness (QED) is 0.886. The van der Waals surface area contributed by atoms with E-state index in [1.807, 2.05) is 0 Å². The fraction of sp³-hybridized carbons (Fsp3) is 0.857. The maximum Gasteiger partial charge on any atom is 0.0859 e. The standard InChI is InChI=1S/C14H23N3O/c1-9(2)7-17-14-6-4-11-10(12(11)8-18)3-5-13(14)15-16-17/h9-12,18H,3-8H2,1-2H3/t10-,11+,12-/m1/s1. The molecular formula is C14H23N3O. The van der Waals surface area contributed by atoms with E-state index in [0.29, 0.717) is 18.4 Å². The number of hydrogen-bond donors (Lipinski definition) is 1. The number of nitrogens with zero attached hydrogens (tertiary/aromatic N) is 3. The van der Waals surface area contributed by atoms with Crippen LogP contribution in [0.5, 0.6) is 0 Å². The van der Waals surface area contributed by atoms with Gasteiger partial charge in [-0.15, -0.1) is 5.10 Å². The second kappa shape index (κ2) is 4.65. The SMILES string of the molecule is CC(C)Cn1nnc2c1CC[C@@H]1[C@H](CO)[C@@H]1CC2. The van der Waals surface area contributed by atoms with E-state index >= 15 is 0 Å². The summed E-state index contributed by atoms with van der Waals surface area (Å²) in [6.07, 6.45) is 4.52. The van der Waals surface area contributed by atoms with Gasteiger partial charge in [-0.1, -0.05) is 19.1 Å². The van der Waals surface area contributed by atoms with Crippen molar-refractivity contribution in [1.82, 2.24) is 15.0 Å². The molecule has 4 heteroatoms. The third kappa shape index (κ3) is 2.07. The Kier molecular flexibility index (Phi) is 3.14. The molecule has 2 aliphatic carbocycles. The molecule has 18 heavy (non-hydrogen) atoms. The minimum atomic E-state index is 0.372.